The molecular weight excluding hydrogens is 194 g/mol. The van der Waals surface area contributed by atoms with Crippen LogP contribution in [0.3, 0.4) is 0 Å². The minimum atomic E-state index is -1.06. The van der Waals surface area contributed by atoms with Gasteiger partial charge in [-0.25, -0.2) is 9.78 Å². The molecule has 5 heteroatoms. The third-order valence-corrected chi connectivity index (χ3v) is 1.89. The number of rotatable bonds is 3. The maximum atomic E-state index is 10.8. The molecule has 15 heavy (non-hydrogen) atoms. The second-order valence-corrected chi connectivity index (χ2v) is 2.92. The van der Waals surface area contributed by atoms with Crippen molar-refractivity contribution in [3.8, 4) is 0 Å². The van der Waals surface area contributed by atoms with Crippen molar-refractivity contribution in [2.45, 2.75) is 0 Å². The Hall–Kier alpha value is -2.30. The van der Waals surface area contributed by atoms with Gasteiger partial charge in [-0.05, 0) is 12.1 Å². The number of aromatic carboxylic acids is 1. The predicted molar refractivity (Wildman–Crippen MR) is 55.3 cm³/mol. The fourth-order valence-electron chi connectivity index (χ4n) is 1.22. The lowest BCUT2D eigenvalue weighted by molar-refractivity contribution is 0.0692. The number of H-pyrrole nitrogens is 1. The summed E-state index contributed by atoms with van der Waals surface area (Å²) in [5.41, 5.74) is 0.795. The summed E-state index contributed by atoms with van der Waals surface area (Å²) in [7, 11) is 0. The lowest BCUT2D eigenvalue weighted by atomic mass is 10.3. The number of hydrogen-bond acceptors (Lipinski definition) is 3. The molecule has 0 aliphatic rings. The summed E-state index contributed by atoms with van der Waals surface area (Å²) < 4.78 is 0. The van der Waals surface area contributed by atoms with E-state index in [1.807, 2.05) is 30.3 Å². The third kappa shape index (κ3) is 1.96. The number of hydrogen-bond donors (Lipinski definition) is 3. The van der Waals surface area contributed by atoms with E-state index in [-0.39, 0.29) is 5.69 Å². The van der Waals surface area contributed by atoms with Crippen molar-refractivity contribution in [1.82, 2.24) is 9.97 Å². The number of nitrogens with zero attached hydrogens (tertiary/aromatic N) is 1. The van der Waals surface area contributed by atoms with Gasteiger partial charge in [-0.15, -0.1) is 0 Å². The summed E-state index contributed by atoms with van der Waals surface area (Å²) in [6, 6.07) is 9.29. The molecule has 1 heterocycles. The molecule has 3 N–H and O–H groups in total. The van der Waals surface area contributed by atoms with Gasteiger partial charge in [-0.1, -0.05) is 18.2 Å². The maximum absolute atomic E-state index is 10.8. The van der Waals surface area contributed by atoms with Crippen LogP contribution in [0.5, 0.6) is 0 Å². The second-order valence-electron chi connectivity index (χ2n) is 2.92. The summed E-state index contributed by atoms with van der Waals surface area (Å²) in [5.74, 6) is -0.677. The lowest BCUT2D eigenvalue weighted by Crippen LogP contribution is -2.02. The Bertz CT molecular complexity index is 465. The minimum Gasteiger partial charge on any atom is -0.476 e. The van der Waals surface area contributed by atoms with E-state index in [9.17, 15) is 4.79 Å². The molecule has 0 aliphatic carbocycles. The molecule has 0 atom stereocenters. The zero-order valence-corrected chi connectivity index (χ0v) is 7.77. The Morgan fingerprint density at radius 1 is 1.33 bits per heavy atom. The molecular formula is C10H9N3O2. The van der Waals surface area contributed by atoms with Crippen LogP contribution in [-0.4, -0.2) is 21.0 Å². The van der Waals surface area contributed by atoms with Crippen LogP contribution in [0, 0.1) is 0 Å². The number of imidazole rings is 1. The molecule has 2 rings (SSSR count). The number of carbonyl (C=O) groups is 1. The van der Waals surface area contributed by atoms with Crippen LogP contribution in [0.15, 0.2) is 36.7 Å². The van der Waals surface area contributed by atoms with Gasteiger partial charge in [0.15, 0.2) is 5.69 Å². The second kappa shape index (κ2) is 3.83. The molecule has 1 aromatic carbocycles. The normalized spacial score (nSPS) is 9.87. The van der Waals surface area contributed by atoms with E-state index >= 15 is 0 Å². The SMILES string of the molecule is O=C(O)c1nc[nH]c1Nc1ccccc1. The standard InChI is InChI=1S/C10H9N3O2/c14-10(15)8-9(12-6-11-8)13-7-4-2-1-3-5-7/h1-6,13H,(H,11,12)(H,14,15). The number of aromatic amines is 1. The fourth-order valence-corrected chi connectivity index (χ4v) is 1.22. The van der Waals surface area contributed by atoms with Gasteiger partial charge in [-0.2, -0.15) is 0 Å². The number of carboxylic acids is 1. The zero-order chi connectivity index (χ0) is 10.7. The number of carboxylic acid groups (broad SMARTS) is 1. The number of aromatic nitrogens is 2. The Balaban J connectivity index is 2.25. The quantitative estimate of drug-likeness (QED) is 0.711. The van der Waals surface area contributed by atoms with Crippen LogP contribution in [0.25, 0.3) is 0 Å². The van der Waals surface area contributed by atoms with E-state index in [0.717, 1.165) is 5.69 Å². The van der Waals surface area contributed by atoms with Gasteiger partial charge in [0.25, 0.3) is 0 Å². The van der Waals surface area contributed by atoms with Gasteiger partial charge in [0, 0.05) is 5.69 Å². The summed E-state index contributed by atoms with van der Waals surface area (Å²) in [4.78, 5) is 17.2. The molecule has 76 valence electrons. The van der Waals surface area contributed by atoms with Gasteiger partial charge < -0.3 is 15.4 Å². The van der Waals surface area contributed by atoms with Gasteiger partial charge in [0.05, 0.1) is 6.33 Å². The molecule has 0 saturated heterocycles. The van der Waals surface area contributed by atoms with Crippen LogP contribution in [0.4, 0.5) is 11.5 Å². The topological polar surface area (TPSA) is 78.0 Å². The van der Waals surface area contributed by atoms with E-state index in [1.165, 1.54) is 6.33 Å². The van der Waals surface area contributed by atoms with Crippen molar-refractivity contribution in [2.75, 3.05) is 5.32 Å². The molecule has 0 spiro atoms. The predicted octanol–water partition coefficient (Wildman–Crippen LogP) is 1.85. The molecule has 5 nitrogen and oxygen atoms in total. The fraction of sp³-hybridized carbons (Fsp3) is 0. The Kier molecular flexibility index (Phi) is 2.37. The lowest BCUT2D eigenvalue weighted by Gasteiger charge is -2.03. The van der Waals surface area contributed by atoms with E-state index in [4.69, 9.17) is 5.11 Å². The highest BCUT2D eigenvalue weighted by molar-refractivity contribution is 5.91. The number of benzene rings is 1. The van der Waals surface area contributed by atoms with Crippen LogP contribution in [0.1, 0.15) is 10.5 Å². The largest absolute Gasteiger partial charge is 0.476 e. The van der Waals surface area contributed by atoms with E-state index < -0.39 is 5.97 Å². The Labute approximate surface area is 85.8 Å². The molecule has 2 aromatic rings. The van der Waals surface area contributed by atoms with E-state index in [0.29, 0.717) is 5.82 Å². The molecule has 0 amide bonds. The van der Waals surface area contributed by atoms with Crippen molar-refractivity contribution in [1.29, 1.82) is 0 Å². The first-order chi connectivity index (χ1) is 7.27. The summed E-state index contributed by atoms with van der Waals surface area (Å²) >= 11 is 0. The van der Waals surface area contributed by atoms with Gasteiger partial charge in [0.2, 0.25) is 0 Å². The maximum Gasteiger partial charge on any atom is 0.358 e. The number of para-hydroxylation sites is 1. The van der Waals surface area contributed by atoms with Crippen LogP contribution < -0.4 is 5.32 Å². The molecule has 0 aliphatic heterocycles. The first kappa shape index (κ1) is 9.26. The van der Waals surface area contributed by atoms with E-state index in [1.54, 1.807) is 0 Å². The highest BCUT2D eigenvalue weighted by Crippen LogP contribution is 2.16. The minimum absolute atomic E-state index is 0.0150. The molecule has 0 radical (unpaired) electrons. The van der Waals surface area contributed by atoms with Crippen molar-refractivity contribution >= 4 is 17.5 Å². The monoisotopic (exact) mass is 203 g/mol. The molecule has 0 bridgehead atoms. The summed E-state index contributed by atoms with van der Waals surface area (Å²) in [5, 5.41) is 11.7. The molecule has 0 fully saturated rings. The van der Waals surface area contributed by atoms with E-state index in [2.05, 4.69) is 15.3 Å². The number of nitrogens with one attached hydrogen (secondary N) is 2. The summed E-state index contributed by atoms with van der Waals surface area (Å²) in [6.07, 6.45) is 1.34. The van der Waals surface area contributed by atoms with Crippen molar-refractivity contribution in [3.63, 3.8) is 0 Å². The zero-order valence-electron chi connectivity index (χ0n) is 7.77. The van der Waals surface area contributed by atoms with Gasteiger partial charge in [0.1, 0.15) is 5.82 Å². The Morgan fingerprint density at radius 2 is 2.07 bits per heavy atom. The van der Waals surface area contributed by atoms with Crippen LogP contribution in [-0.2, 0) is 0 Å². The average Bonchev–Trinajstić information content (AvgIpc) is 2.67. The van der Waals surface area contributed by atoms with Crippen LogP contribution in [0.2, 0.25) is 0 Å². The highest BCUT2D eigenvalue weighted by Gasteiger charge is 2.12. The van der Waals surface area contributed by atoms with Gasteiger partial charge in [-0.3, -0.25) is 0 Å². The summed E-state index contributed by atoms with van der Waals surface area (Å²) in [6.45, 7) is 0. The van der Waals surface area contributed by atoms with Crippen molar-refractivity contribution in [3.05, 3.63) is 42.4 Å². The van der Waals surface area contributed by atoms with Crippen molar-refractivity contribution in [2.24, 2.45) is 0 Å². The Morgan fingerprint density at radius 3 is 2.73 bits per heavy atom. The smallest absolute Gasteiger partial charge is 0.358 e. The first-order valence-electron chi connectivity index (χ1n) is 4.36. The van der Waals surface area contributed by atoms with Crippen LogP contribution >= 0.6 is 0 Å². The third-order valence-electron chi connectivity index (χ3n) is 1.89. The van der Waals surface area contributed by atoms with Crippen molar-refractivity contribution < 1.29 is 9.90 Å². The van der Waals surface area contributed by atoms with Gasteiger partial charge >= 0.3 is 5.97 Å². The number of anilines is 2. The molecule has 0 saturated carbocycles. The highest BCUT2D eigenvalue weighted by atomic mass is 16.4. The molecule has 0 unspecified atom stereocenters. The molecule has 1 aromatic heterocycles. The first-order valence-corrected chi connectivity index (χ1v) is 4.36. The average molecular weight is 203 g/mol.